The molecule has 1 N–H and O–H groups in total. The maximum atomic E-state index is 13.2. The molecule has 0 amide bonds. The molecule has 0 aliphatic rings. The van der Waals surface area contributed by atoms with E-state index in [0.717, 1.165) is 6.07 Å². The van der Waals surface area contributed by atoms with E-state index in [0.29, 0.717) is 0 Å². The standard InChI is InChI=1S/C9H10F2O2/c1-13-5-7-8(10)3-2-6(4-12)9(7)11/h2-3,12H,4-5H2,1H3. The molecule has 1 aromatic rings. The lowest BCUT2D eigenvalue weighted by Crippen LogP contribution is -2.01. The summed E-state index contributed by atoms with van der Waals surface area (Å²) < 4.78 is 30.8. The Kier molecular flexibility index (Phi) is 3.33. The summed E-state index contributed by atoms with van der Waals surface area (Å²) in [6.45, 7) is -0.575. The predicted molar refractivity (Wildman–Crippen MR) is 43.0 cm³/mol. The fourth-order valence-electron chi connectivity index (χ4n) is 1.04. The van der Waals surface area contributed by atoms with Gasteiger partial charge < -0.3 is 9.84 Å². The molecule has 4 heteroatoms. The Balaban J connectivity index is 3.13. The van der Waals surface area contributed by atoms with Crippen LogP contribution in [0.25, 0.3) is 0 Å². The predicted octanol–water partition coefficient (Wildman–Crippen LogP) is 1.60. The molecule has 0 aromatic heterocycles. The molecule has 2 nitrogen and oxygen atoms in total. The van der Waals surface area contributed by atoms with Gasteiger partial charge in [0.25, 0.3) is 0 Å². The molecular formula is C9H10F2O2. The normalized spacial score (nSPS) is 10.5. The zero-order valence-electron chi connectivity index (χ0n) is 7.18. The number of ether oxygens (including phenoxy) is 1. The molecule has 0 saturated heterocycles. The van der Waals surface area contributed by atoms with Crippen LogP contribution >= 0.6 is 0 Å². The minimum Gasteiger partial charge on any atom is -0.392 e. The van der Waals surface area contributed by atoms with Gasteiger partial charge in [0.15, 0.2) is 0 Å². The van der Waals surface area contributed by atoms with Crippen LogP contribution in [0.4, 0.5) is 8.78 Å². The van der Waals surface area contributed by atoms with Crippen LogP contribution in [0, 0.1) is 11.6 Å². The quantitative estimate of drug-likeness (QED) is 0.780. The third kappa shape index (κ3) is 2.02. The molecule has 0 heterocycles. The van der Waals surface area contributed by atoms with Crippen molar-refractivity contribution < 1.29 is 18.6 Å². The van der Waals surface area contributed by atoms with E-state index in [1.54, 1.807) is 0 Å². The zero-order valence-corrected chi connectivity index (χ0v) is 7.18. The summed E-state index contributed by atoms with van der Waals surface area (Å²) >= 11 is 0. The van der Waals surface area contributed by atoms with E-state index in [1.807, 2.05) is 0 Å². The largest absolute Gasteiger partial charge is 0.392 e. The van der Waals surface area contributed by atoms with Gasteiger partial charge in [-0.2, -0.15) is 0 Å². The van der Waals surface area contributed by atoms with Gasteiger partial charge in [-0.15, -0.1) is 0 Å². The number of rotatable bonds is 3. The van der Waals surface area contributed by atoms with Gasteiger partial charge in [-0.25, -0.2) is 8.78 Å². The van der Waals surface area contributed by atoms with Gasteiger partial charge in [-0.05, 0) is 6.07 Å². The lowest BCUT2D eigenvalue weighted by molar-refractivity contribution is 0.176. The number of halogens is 2. The Morgan fingerprint density at radius 1 is 1.38 bits per heavy atom. The molecule has 13 heavy (non-hydrogen) atoms. The van der Waals surface area contributed by atoms with Gasteiger partial charge in [-0.1, -0.05) is 6.07 Å². The van der Waals surface area contributed by atoms with Crippen molar-refractivity contribution in [2.24, 2.45) is 0 Å². The minimum atomic E-state index is -0.732. The van der Waals surface area contributed by atoms with Crippen LogP contribution in [-0.2, 0) is 18.0 Å². The average Bonchev–Trinajstić information content (AvgIpc) is 2.12. The number of hydrogen-bond acceptors (Lipinski definition) is 2. The van der Waals surface area contributed by atoms with E-state index in [1.165, 1.54) is 13.2 Å². The highest BCUT2D eigenvalue weighted by molar-refractivity contribution is 5.26. The van der Waals surface area contributed by atoms with Gasteiger partial charge in [0, 0.05) is 18.2 Å². The molecule has 0 aliphatic carbocycles. The van der Waals surface area contributed by atoms with Gasteiger partial charge in [0.05, 0.1) is 13.2 Å². The second-order valence-corrected chi connectivity index (χ2v) is 2.59. The Morgan fingerprint density at radius 2 is 2.08 bits per heavy atom. The summed E-state index contributed by atoms with van der Waals surface area (Å²) in [6, 6.07) is 2.33. The smallest absolute Gasteiger partial charge is 0.137 e. The Bertz CT molecular complexity index is 300. The summed E-state index contributed by atoms with van der Waals surface area (Å²) in [4.78, 5) is 0. The van der Waals surface area contributed by atoms with Gasteiger partial charge in [-0.3, -0.25) is 0 Å². The lowest BCUT2D eigenvalue weighted by Gasteiger charge is -2.06. The fourth-order valence-corrected chi connectivity index (χ4v) is 1.04. The fraction of sp³-hybridized carbons (Fsp3) is 0.333. The lowest BCUT2D eigenvalue weighted by atomic mass is 10.1. The van der Waals surface area contributed by atoms with Crippen molar-refractivity contribution in [3.05, 3.63) is 34.9 Å². The van der Waals surface area contributed by atoms with Crippen molar-refractivity contribution in [3.8, 4) is 0 Å². The second-order valence-electron chi connectivity index (χ2n) is 2.59. The van der Waals surface area contributed by atoms with Crippen molar-refractivity contribution in [1.82, 2.24) is 0 Å². The first-order valence-corrected chi connectivity index (χ1v) is 3.76. The molecule has 1 aromatic carbocycles. The van der Waals surface area contributed by atoms with Crippen LogP contribution in [0.5, 0.6) is 0 Å². The minimum absolute atomic E-state index is 0.0773. The summed E-state index contributed by atoms with van der Waals surface area (Å²) in [7, 11) is 1.35. The molecular weight excluding hydrogens is 178 g/mol. The van der Waals surface area contributed by atoms with E-state index >= 15 is 0 Å². The van der Waals surface area contributed by atoms with Crippen molar-refractivity contribution in [2.45, 2.75) is 13.2 Å². The van der Waals surface area contributed by atoms with Crippen molar-refractivity contribution in [2.75, 3.05) is 7.11 Å². The molecule has 0 radical (unpaired) electrons. The zero-order chi connectivity index (χ0) is 9.84. The van der Waals surface area contributed by atoms with Gasteiger partial charge in [0.1, 0.15) is 11.6 Å². The number of aliphatic hydroxyl groups is 1. The van der Waals surface area contributed by atoms with Crippen LogP contribution in [0.1, 0.15) is 11.1 Å². The van der Waals surface area contributed by atoms with Crippen LogP contribution < -0.4 is 0 Å². The Labute approximate surface area is 74.8 Å². The van der Waals surface area contributed by atoms with Crippen molar-refractivity contribution >= 4 is 0 Å². The topological polar surface area (TPSA) is 29.5 Å². The first kappa shape index (κ1) is 10.1. The van der Waals surface area contributed by atoms with E-state index < -0.39 is 18.2 Å². The van der Waals surface area contributed by atoms with Crippen molar-refractivity contribution in [1.29, 1.82) is 0 Å². The maximum Gasteiger partial charge on any atom is 0.137 e. The molecule has 0 unspecified atom stereocenters. The van der Waals surface area contributed by atoms with Crippen molar-refractivity contribution in [3.63, 3.8) is 0 Å². The van der Waals surface area contributed by atoms with Crippen LogP contribution in [0.2, 0.25) is 0 Å². The summed E-state index contributed by atoms with van der Waals surface area (Å²) in [5, 5.41) is 8.70. The molecule has 0 atom stereocenters. The van der Waals surface area contributed by atoms with Crippen LogP contribution in [-0.4, -0.2) is 12.2 Å². The number of hydrogen-bond donors (Lipinski definition) is 1. The molecule has 0 spiro atoms. The number of benzene rings is 1. The molecule has 0 bridgehead atoms. The van der Waals surface area contributed by atoms with E-state index in [4.69, 9.17) is 5.11 Å². The van der Waals surface area contributed by atoms with Gasteiger partial charge >= 0.3 is 0 Å². The first-order chi connectivity index (χ1) is 6.20. The first-order valence-electron chi connectivity index (χ1n) is 3.76. The van der Waals surface area contributed by atoms with E-state index in [9.17, 15) is 8.78 Å². The molecule has 0 aliphatic heterocycles. The third-order valence-electron chi connectivity index (χ3n) is 1.73. The van der Waals surface area contributed by atoms with Crippen LogP contribution in [0.15, 0.2) is 12.1 Å². The van der Waals surface area contributed by atoms with E-state index in [2.05, 4.69) is 4.74 Å². The monoisotopic (exact) mass is 188 g/mol. The summed E-state index contributed by atoms with van der Waals surface area (Å²) in [6.07, 6.45) is 0. The molecule has 72 valence electrons. The Hall–Kier alpha value is -1.00. The average molecular weight is 188 g/mol. The van der Waals surface area contributed by atoms with Gasteiger partial charge in [0.2, 0.25) is 0 Å². The highest BCUT2D eigenvalue weighted by atomic mass is 19.1. The number of aliphatic hydroxyl groups excluding tert-OH is 1. The highest BCUT2D eigenvalue weighted by Gasteiger charge is 2.12. The third-order valence-corrected chi connectivity index (χ3v) is 1.73. The Morgan fingerprint density at radius 3 is 2.62 bits per heavy atom. The van der Waals surface area contributed by atoms with Crippen LogP contribution in [0.3, 0.4) is 0 Å². The molecule has 1 rings (SSSR count). The maximum absolute atomic E-state index is 13.2. The summed E-state index contributed by atoms with van der Waals surface area (Å²) in [5.41, 5.74) is -0.0671. The number of methoxy groups -OCH3 is 1. The SMILES string of the molecule is COCc1c(F)ccc(CO)c1F. The molecule has 0 saturated carbocycles. The van der Waals surface area contributed by atoms with E-state index in [-0.39, 0.29) is 17.7 Å². The highest BCUT2D eigenvalue weighted by Crippen LogP contribution is 2.17. The second kappa shape index (κ2) is 4.30. The molecule has 0 fully saturated rings. The summed E-state index contributed by atoms with van der Waals surface area (Å²) in [5.74, 6) is -1.39.